The van der Waals surface area contributed by atoms with Gasteiger partial charge in [0.2, 0.25) is 5.91 Å². The molecule has 1 N–H and O–H groups in total. The molecule has 0 spiro atoms. The van der Waals surface area contributed by atoms with Crippen LogP contribution in [0, 0.1) is 5.92 Å². The number of benzene rings is 1. The molecule has 0 saturated heterocycles. The van der Waals surface area contributed by atoms with Crippen LogP contribution in [0.1, 0.15) is 32.3 Å². The lowest BCUT2D eigenvalue weighted by molar-refractivity contribution is -0.125. The highest BCUT2D eigenvalue weighted by atomic mass is 35.5. The van der Waals surface area contributed by atoms with Gasteiger partial charge in [0, 0.05) is 17.5 Å². The van der Waals surface area contributed by atoms with E-state index in [9.17, 15) is 4.79 Å². The maximum absolute atomic E-state index is 11.7. The first-order valence-corrected chi connectivity index (χ1v) is 6.07. The van der Waals surface area contributed by atoms with Crippen LogP contribution in [0.3, 0.4) is 0 Å². The van der Waals surface area contributed by atoms with Gasteiger partial charge in [-0.05, 0) is 24.5 Å². The SMILES string of the molecule is CCC(CC)C(=O)NCc1ccccc1Cl. The Hall–Kier alpha value is -1.02. The lowest BCUT2D eigenvalue weighted by atomic mass is 10.0. The van der Waals surface area contributed by atoms with E-state index in [0.717, 1.165) is 18.4 Å². The molecule has 3 heteroatoms. The second-order valence-electron chi connectivity index (χ2n) is 3.82. The molecule has 2 nitrogen and oxygen atoms in total. The van der Waals surface area contributed by atoms with Gasteiger partial charge in [0.1, 0.15) is 0 Å². The molecule has 88 valence electrons. The Labute approximate surface area is 102 Å². The summed E-state index contributed by atoms with van der Waals surface area (Å²) in [4.78, 5) is 11.7. The van der Waals surface area contributed by atoms with Gasteiger partial charge in [-0.25, -0.2) is 0 Å². The van der Waals surface area contributed by atoms with Crippen LogP contribution in [0.5, 0.6) is 0 Å². The Bertz CT molecular complexity index is 348. The minimum Gasteiger partial charge on any atom is -0.352 e. The van der Waals surface area contributed by atoms with Crippen molar-refractivity contribution in [1.82, 2.24) is 5.32 Å². The average Bonchev–Trinajstić information content (AvgIpc) is 2.29. The highest BCUT2D eigenvalue weighted by molar-refractivity contribution is 6.31. The Kier molecular flexibility index (Phi) is 5.33. The molecule has 1 aromatic rings. The predicted molar refractivity (Wildman–Crippen MR) is 67.4 cm³/mol. The standard InChI is InChI=1S/C13H18ClNO/c1-3-10(4-2)13(16)15-9-11-7-5-6-8-12(11)14/h5-8,10H,3-4,9H2,1-2H3,(H,15,16). The van der Waals surface area contributed by atoms with Gasteiger partial charge in [0.25, 0.3) is 0 Å². The second-order valence-corrected chi connectivity index (χ2v) is 4.23. The fraction of sp³-hybridized carbons (Fsp3) is 0.462. The van der Waals surface area contributed by atoms with Gasteiger partial charge < -0.3 is 5.32 Å². The van der Waals surface area contributed by atoms with Gasteiger partial charge in [0.15, 0.2) is 0 Å². The lowest BCUT2D eigenvalue weighted by Crippen LogP contribution is -2.29. The number of nitrogens with one attached hydrogen (secondary N) is 1. The normalized spacial score (nSPS) is 10.5. The van der Waals surface area contributed by atoms with Crippen LogP contribution in [0.25, 0.3) is 0 Å². The van der Waals surface area contributed by atoms with Crippen molar-refractivity contribution in [3.63, 3.8) is 0 Å². The van der Waals surface area contributed by atoms with Gasteiger partial charge in [-0.3, -0.25) is 4.79 Å². The molecule has 16 heavy (non-hydrogen) atoms. The number of amides is 1. The molecule has 0 aliphatic heterocycles. The summed E-state index contributed by atoms with van der Waals surface area (Å²) < 4.78 is 0. The second kappa shape index (κ2) is 6.54. The van der Waals surface area contributed by atoms with Crippen LogP contribution in [-0.2, 0) is 11.3 Å². The van der Waals surface area contributed by atoms with Gasteiger partial charge in [0.05, 0.1) is 0 Å². The molecule has 0 heterocycles. The van der Waals surface area contributed by atoms with Crippen molar-refractivity contribution in [2.75, 3.05) is 0 Å². The zero-order chi connectivity index (χ0) is 12.0. The number of halogens is 1. The molecule has 0 fully saturated rings. The number of rotatable bonds is 5. The third-order valence-corrected chi connectivity index (χ3v) is 3.14. The molecule has 0 unspecified atom stereocenters. The summed E-state index contributed by atoms with van der Waals surface area (Å²) in [6.07, 6.45) is 1.76. The molecule has 0 bridgehead atoms. The zero-order valence-corrected chi connectivity index (χ0v) is 10.6. The van der Waals surface area contributed by atoms with E-state index in [0.29, 0.717) is 11.6 Å². The van der Waals surface area contributed by atoms with Crippen molar-refractivity contribution in [2.24, 2.45) is 5.92 Å². The molecule has 1 aromatic carbocycles. The van der Waals surface area contributed by atoms with E-state index in [1.807, 2.05) is 38.1 Å². The summed E-state index contributed by atoms with van der Waals surface area (Å²) in [7, 11) is 0. The molecule has 0 atom stereocenters. The van der Waals surface area contributed by atoms with Crippen molar-refractivity contribution in [2.45, 2.75) is 33.2 Å². The minimum atomic E-state index is 0.113. The summed E-state index contributed by atoms with van der Waals surface area (Å²) in [6.45, 7) is 4.57. The minimum absolute atomic E-state index is 0.113. The summed E-state index contributed by atoms with van der Waals surface area (Å²) in [5.41, 5.74) is 0.962. The van der Waals surface area contributed by atoms with E-state index in [2.05, 4.69) is 5.32 Å². The van der Waals surface area contributed by atoms with E-state index < -0.39 is 0 Å². The lowest BCUT2D eigenvalue weighted by Gasteiger charge is -2.13. The van der Waals surface area contributed by atoms with Gasteiger partial charge in [-0.15, -0.1) is 0 Å². The van der Waals surface area contributed by atoms with Gasteiger partial charge in [-0.1, -0.05) is 43.6 Å². The van der Waals surface area contributed by atoms with Crippen molar-refractivity contribution in [3.8, 4) is 0 Å². The number of carbonyl (C=O) groups is 1. The topological polar surface area (TPSA) is 29.1 Å². The monoisotopic (exact) mass is 239 g/mol. The first kappa shape index (κ1) is 13.0. The number of hydrogen-bond acceptors (Lipinski definition) is 1. The maximum atomic E-state index is 11.7. The Morgan fingerprint density at radius 2 is 1.94 bits per heavy atom. The smallest absolute Gasteiger partial charge is 0.223 e. The molecular weight excluding hydrogens is 222 g/mol. The largest absolute Gasteiger partial charge is 0.352 e. The molecule has 0 aliphatic carbocycles. The number of hydrogen-bond donors (Lipinski definition) is 1. The van der Waals surface area contributed by atoms with E-state index in [1.54, 1.807) is 0 Å². The van der Waals surface area contributed by atoms with Crippen molar-refractivity contribution >= 4 is 17.5 Å². The van der Waals surface area contributed by atoms with Crippen molar-refractivity contribution < 1.29 is 4.79 Å². The molecular formula is C13H18ClNO. The van der Waals surface area contributed by atoms with Gasteiger partial charge >= 0.3 is 0 Å². The highest BCUT2D eigenvalue weighted by Gasteiger charge is 2.13. The third kappa shape index (κ3) is 3.53. The quantitative estimate of drug-likeness (QED) is 0.839. The molecule has 0 radical (unpaired) electrons. The maximum Gasteiger partial charge on any atom is 0.223 e. The first-order chi connectivity index (χ1) is 7.69. The predicted octanol–water partition coefficient (Wildman–Crippen LogP) is 3.39. The summed E-state index contributed by atoms with van der Waals surface area (Å²) in [6, 6.07) is 7.56. The van der Waals surface area contributed by atoms with E-state index in [-0.39, 0.29) is 11.8 Å². The van der Waals surface area contributed by atoms with Crippen LogP contribution in [0.2, 0.25) is 5.02 Å². The molecule has 1 rings (SSSR count). The summed E-state index contributed by atoms with van der Waals surface area (Å²) in [5.74, 6) is 0.229. The number of carbonyl (C=O) groups excluding carboxylic acids is 1. The fourth-order valence-corrected chi connectivity index (χ4v) is 1.83. The van der Waals surface area contributed by atoms with E-state index >= 15 is 0 Å². The van der Waals surface area contributed by atoms with Crippen LogP contribution in [0.15, 0.2) is 24.3 Å². The first-order valence-electron chi connectivity index (χ1n) is 5.70. The van der Waals surface area contributed by atoms with Crippen LogP contribution in [0.4, 0.5) is 0 Å². The third-order valence-electron chi connectivity index (χ3n) is 2.77. The van der Waals surface area contributed by atoms with Crippen LogP contribution in [-0.4, -0.2) is 5.91 Å². The zero-order valence-electron chi connectivity index (χ0n) is 9.79. The average molecular weight is 240 g/mol. The Morgan fingerprint density at radius 3 is 2.50 bits per heavy atom. The highest BCUT2D eigenvalue weighted by Crippen LogP contribution is 2.15. The summed E-state index contributed by atoms with van der Waals surface area (Å²) in [5, 5.41) is 3.62. The van der Waals surface area contributed by atoms with Crippen molar-refractivity contribution in [3.05, 3.63) is 34.9 Å². The molecule has 0 saturated carbocycles. The molecule has 0 aromatic heterocycles. The fourth-order valence-electron chi connectivity index (χ4n) is 1.63. The Morgan fingerprint density at radius 1 is 1.31 bits per heavy atom. The van der Waals surface area contributed by atoms with Gasteiger partial charge in [-0.2, -0.15) is 0 Å². The van der Waals surface area contributed by atoms with Crippen LogP contribution >= 0.6 is 11.6 Å². The van der Waals surface area contributed by atoms with E-state index in [4.69, 9.17) is 11.6 Å². The molecule has 0 aliphatic rings. The van der Waals surface area contributed by atoms with E-state index in [1.165, 1.54) is 0 Å². The van der Waals surface area contributed by atoms with Crippen molar-refractivity contribution in [1.29, 1.82) is 0 Å². The van der Waals surface area contributed by atoms with Crippen LogP contribution < -0.4 is 5.32 Å². The Balaban J connectivity index is 2.52. The molecule has 1 amide bonds. The summed E-state index contributed by atoms with van der Waals surface area (Å²) >= 11 is 6.00.